The molecule has 0 saturated carbocycles. The summed E-state index contributed by atoms with van der Waals surface area (Å²) in [7, 11) is 0. The molecule has 0 radical (unpaired) electrons. The molecule has 1 aromatic rings. The molecule has 0 unspecified atom stereocenters. The van der Waals surface area contributed by atoms with Crippen LogP contribution in [0.15, 0.2) is 24.3 Å². The van der Waals surface area contributed by atoms with Gasteiger partial charge in [0.2, 0.25) is 0 Å². The first kappa shape index (κ1) is 17.2. The fourth-order valence-electron chi connectivity index (χ4n) is 2.67. The topological polar surface area (TPSA) is 51.2 Å². The van der Waals surface area contributed by atoms with E-state index in [1.807, 2.05) is 24.3 Å². The highest BCUT2D eigenvalue weighted by molar-refractivity contribution is 5.26. The summed E-state index contributed by atoms with van der Waals surface area (Å²) in [6.45, 7) is 8.99. The van der Waals surface area contributed by atoms with Crippen molar-refractivity contribution in [1.29, 1.82) is 0 Å². The molecule has 1 aliphatic heterocycles. The van der Waals surface area contributed by atoms with Gasteiger partial charge >= 0.3 is 0 Å². The highest BCUT2D eigenvalue weighted by Gasteiger charge is 2.21. The SMILES string of the molecule is C[C@H]1CN(CCOCCOc2ccc(CO)cc2)C[C@H](C)O1. The monoisotopic (exact) mass is 309 g/mol. The van der Waals surface area contributed by atoms with Crippen molar-refractivity contribution in [2.24, 2.45) is 0 Å². The van der Waals surface area contributed by atoms with Crippen LogP contribution in [-0.4, -0.2) is 61.7 Å². The molecule has 124 valence electrons. The van der Waals surface area contributed by atoms with Crippen molar-refractivity contribution in [1.82, 2.24) is 4.90 Å². The maximum atomic E-state index is 8.97. The van der Waals surface area contributed by atoms with Crippen molar-refractivity contribution in [2.45, 2.75) is 32.7 Å². The Morgan fingerprint density at radius 1 is 1.09 bits per heavy atom. The highest BCUT2D eigenvalue weighted by Crippen LogP contribution is 2.12. The molecule has 2 rings (SSSR count). The highest BCUT2D eigenvalue weighted by atomic mass is 16.5. The molecular formula is C17H27NO4. The van der Waals surface area contributed by atoms with E-state index < -0.39 is 0 Å². The summed E-state index contributed by atoms with van der Waals surface area (Å²) in [6, 6.07) is 7.44. The molecule has 1 heterocycles. The Morgan fingerprint density at radius 2 is 1.77 bits per heavy atom. The number of hydrogen-bond donors (Lipinski definition) is 1. The van der Waals surface area contributed by atoms with Crippen LogP contribution in [0.2, 0.25) is 0 Å². The molecular weight excluding hydrogens is 282 g/mol. The van der Waals surface area contributed by atoms with Gasteiger partial charge < -0.3 is 19.3 Å². The maximum Gasteiger partial charge on any atom is 0.119 e. The van der Waals surface area contributed by atoms with Crippen LogP contribution in [0.25, 0.3) is 0 Å². The first-order valence-electron chi connectivity index (χ1n) is 7.95. The van der Waals surface area contributed by atoms with Gasteiger partial charge in [-0.2, -0.15) is 0 Å². The minimum Gasteiger partial charge on any atom is -0.491 e. The zero-order valence-corrected chi connectivity index (χ0v) is 13.5. The Kier molecular flexibility index (Phi) is 7.12. The number of aliphatic hydroxyl groups is 1. The molecule has 0 aromatic heterocycles. The molecule has 1 fully saturated rings. The van der Waals surface area contributed by atoms with Gasteiger partial charge in [0.1, 0.15) is 12.4 Å². The van der Waals surface area contributed by atoms with Crippen LogP contribution < -0.4 is 4.74 Å². The molecule has 1 aromatic carbocycles. The second kappa shape index (κ2) is 9.10. The summed E-state index contributed by atoms with van der Waals surface area (Å²) in [6.07, 6.45) is 0.600. The van der Waals surface area contributed by atoms with Crippen LogP contribution in [0, 0.1) is 0 Å². The molecule has 0 aliphatic carbocycles. The Bertz CT molecular complexity index is 413. The minimum atomic E-state index is 0.0577. The van der Waals surface area contributed by atoms with Crippen molar-refractivity contribution >= 4 is 0 Å². The van der Waals surface area contributed by atoms with Crippen LogP contribution >= 0.6 is 0 Å². The van der Waals surface area contributed by atoms with Crippen molar-refractivity contribution in [3.63, 3.8) is 0 Å². The second-order valence-corrected chi connectivity index (χ2v) is 5.78. The summed E-state index contributed by atoms with van der Waals surface area (Å²) in [5.74, 6) is 0.802. The van der Waals surface area contributed by atoms with Crippen LogP contribution in [0.4, 0.5) is 0 Å². The van der Waals surface area contributed by atoms with E-state index in [0.29, 0.717) is 32.0 Å². The van der Waals surface area contributed by atoms with Crippen LogP contribution in [0.3, 0.4) is 0 Å². The molecule has 0 bridgehead atoms. The zero-order chi connectivity index (χ0) is 15.8. The quantitative estimate of drug-likeness (QED) is 0.741. The van der Waals surface area contributed by atoms with E-state index in [1.165, 1.54) is 0 Å². The fourth-order valence-corrected chi connectivity index (χ4v) is 2.67. The van der Waals surface area contributed by atoms with E-state index in [0.717, 1.165) is 30.9 Å². The van der Waals surface area contributed by atoms with Gasteiger partial charge in [-0.15, -0.1) is 0 Å². The minimum absolute atomic E-state index is 0.0577. The van der Waals surface area contributed by atoms with Gasteiger partial charge in [-0.3, -0.25) is 4.90 Å². The van der Waals surface area contributed by atoms with Gasteiger partial charge in [0.25, 0.3) is 0 Å². The Morgan fingerprint density at radius 3 is 2.41 bits per heavy atom. The number of aliphatic hydroxyl groups excluding tert-OH is 1. The van der Waals surface area contributed by atoms with Gasteiger partial charge in [0, 0.05) is 19.6 Å². The Labute approximate surface area is 132 Å². The Balaban J connectivity index is 1.53. The summed E-state index contributed by atoms with van der Waals surface area (Å²) in [4.78, 5) is 2.38. The maximum absolute atomic E-state index is 8.97. The number of hydrogen-bond acceptors (Lipinski definition) is 5. The van der Waals surface area contributed by atoms with Gasteiger partial charge in [0.05, 0.1) is 32.0 Å². The van der Waals surface area contributed by atoms with Crippen molar-refractivity contribution in [3.8, 4) is 5.75 Å². The second-order valence-electron chi connectivity index (χ2n) is 5.78. The van der Waals surface area contributed by atoms with E-state index in [1.54, 1.807) is 0 Å². The first-order valence-corrected chi connectivity index (χ1v) is 7.95. The van der Waals surface area contributed by atoms with E-state index in [9.17, 15) is 0 Å². The lowest BCUT2D eigenvalue weighted by molar-refractivity contribution is -0.0734. The van der Waals surface area contributed by atoms with Crippen molar-refractivity contribution in [3.05, 3.63) is 29.8 Å². The molecule has 0 spiro atoms. The largest absolute Gasteiger partial charge is 0.491 e. The predicted molar refractivity (Wildman–Crippen MR) is 85.1 cm³/mol. The van der Waals surface area contributed by atoms with E-state index in [2.05, 4.69) is 18.7 Å². The van der Waals surface area contributed by atoms with E-state index in [4.69, 9.17) is 19.3 Å². The van der Waals surface area contributed by atoms with Gasteiger partial charge in [-0.1, -0.05) is 12.1 Å². The van der Waals surface area contributed by atoms with Crippen molar-refractivity contribution < 1.29 is 19.3 Å². The lowest BCUT2D eigenvalue weighted by Gasteiger charge is -2.35. The smallest absolute Gasteiger partial charge is 0.119 e. The number of ether oxygens (including phenoxy) is 3. The number of rotatable bonds is 8. The van der Waals surface area contributed by atoms with Crippen LogP contribution in [0.1, 0.15) is 19.4 Å². The summed E-state index contributed by atoms with van der Waals surface area (Å²) in [5.41, 5.74) is 0.887. The third-order valence-corrected chi connectivity index (χ3v) is 3.65. The third-order valence-electron chi connectivity index (χ3n) is 3.65. The van der Waals surface area contributed by atoms with Gasteiger partial charge in [0.15, 0.2) is 0 Å². The molecule has 0 amide bonds. The zero-order valence-electron chi connectivity index (χ0n) is 13.5. The molecule has 5 nitrogen and oxygen atoms in total. The van der Waals surface area contributed by atoms with Crippen LogP contribution in [-0.2, 0) is 16.1 Å². The lowest BCUT2D eigenvalue weighted by atomic mass is 10.2. The Hall–Kier alpha value is -1.14. The number of morpholine rings is 1. The van der Waals surface area contributed by atoms with Crippen molar-refractivity contribution in [2.75, 3.05) is 39.5 Å². The number of nitrogens with zero attached hydrogens (tertiary/aromatic N) is 1. The fraction of sp³-hybridized carbons (Fsp3) is 0.647. The van der Waals surface area contributed by atoms with Gasteiger partial charge in [-0.05, 0) is 31.5 Å². The summed E-state index contributed by atoms with van der Waals surface area (Å²) in [5, 5.41) is 8.97. The molecule has 22 heavy (non-hydrogen) atoms. The third kappa shape index (κ3) is 5.93. The van der Waals surface area contributed by atoms with Crippen LogP contribution in [0.5, 0.6) is 5.75 Å². The molecule has 2 atom stereocenters. The summed E-state index contributed by atoms with van der Waals surface area (Å²) >= 11 is 0. The average molecular weight is 309 g/mol. The lowest BCUT2D eigenvalue weighted by Crippen LogP contribution is -2.46. The van der Waals surface area contributed by atoms with E-state index >= 15 is 0 Å². The molecule has 1 N–H and O–H groups in total. The first-order chi connectivity index (χ1) is 10.7. The number of benzene rings is 1. The molecule has 1 saturated heterocycles. The van der Waals surface area contributed by atoms with Gasteiger partial charge in [-0.25, -0.2) is 0 Å². The molecule has 5 heteroatoms. The summed E-state index contributed by atoms with van der Waals surface area (Å²) < 4.78 is 16.9. The van der Waals surface area contributed by atoms with E-state index in [-0.39, 0.29) is 6.61 Å². The predicted octanol–water partition coefficient (Wildman–Crippen LogP) is 1.68. The molecule has 1 aliphatic rings. The average Bonchev–Trinajstić information content (AvgIpc) is 2.50. The standard InChI is InChI=1S/C17H27NO4/c1-14-11-18(12-15(2)22-14)7-8-20-9-10-21-17-5-3-16(13-19)4-6-17/h3-6,14-15,19H,7-13H2,1-2H3/t14-,15-/m0/s1. The normalized spacial score (nSPS) is 22.7.